The third-order valence-electron chi connectivity index (χ3n) is 2.09. The van der Waals surface area contributed by atoms with Crippen molar-refractivity contribution in [3.8, 4) is 0 Å². The van der Waals surface area contributed by atoms with Crippen molar-refractivity contribution in [1.82, 2.24) is 9.88 Å². The van der Waals surface area contributed by atoms with Gasteiger partial charge in [0, 0.05) is 18.8 Å². The fourth-order valence-corrected chi connectivity index (χ4v) is 1.38. The molecular weight excluding hydrogens is 200 g/mol. The summed E-state index contributed by atoms with van der Waals surface area (Å²) in [5.74, 6) is -0.0940. The molecule has 0 radical (unpaired) electrons. The van der Waals surface area contributed by atoms with Gasteiger partial charge in [-0.3, -0.25) is 4.79 Å². The van der Waals surface area contributed by atoms with Crippen LogP contribution in [0.1, 0.15) is 16.2 Å². The third kappa shape index (κ3) is 3.05. The average Bonchev–Trinajstić information content (AvgIpc) is 2.28. The molecule has 0 bridgehead atoms. The zero-order valence-corrected chi connectivity index (χ0v) is 9.52. The second kappa shape index (κ2) is 5.85. The highest BCUT2D eigenvalue weighted by molar-refractivity contribution is 5.92. The molecule has 1 aromatic rings. The van der Waals surface area contributed by atoms with Crippen molar-refractivity contribution < 1.29 is 4.79 Å². The SMILES string of the molecule is C=CCN(CC=C)C(=O)c1cccc(C)n1. The zero-order chi connectivity index (χ0) is 12.0. The lowest BCUT2D eigenvalue weighted by atomic mass is 10.2. The van der Waals surface area contributed by atoms with E-state index in [1.54, 1.807) is 23.1 Å². The number of rotatable bonds is 5. The summed E-state index contributed by atoms with van der Waals surface area (Å²) in [6.07, 6.45) is 3.38. The van der Waals surface area contributed by atoms with Crippen molar-refractivity contribution in [2.24, 2.45) is 0 Å². The van der Waals surface area contributed by atoms with E-state index >= 15 is 0 Å². The van der Waals surface area contributed by atoms with Gasteiger partial charge in [-0.1, -0.05) is 18.2 Å². The fraction of sp³-hybridized carbons (Fsp3) is 0.231. The maximum Gasteiger partial charge on any atom is 0.273 e. The maximum atomic E-state index is 12.0. The summed E-state index contributed by atoms with van der Waals surface area (Å²) in [7, 11) is 0. The molecule has 0 aromatic carbocycles. The molecule has 3 nitrogen and oxygen atoms in total. The van der Waals surface area contributed by atoms with E-state index in [9.17, 15) is 4.79 Å². The molecule has 0 spiro atoms. The van der Waals surface area contributed by atoms with Gasteiger partial charge in [0.15, 0.2) is 0 Å². The first-order valence-electron chi connectivity index (χ1n) is 5.13. The summed E-state index contributed by atoms with van der Waals surface area (Å²) in [4.78, 5) is 17.9. The van der Waals surface area contributed by atoms with Crippen LogP contribution in [0, 0.1) is 6.92 Å². The Balaban J connectivity index is 2.89. The molecule has 0 fully saturated rings. The first-order valence-corrected chi connectivity index (χ1v) is 5.13. The molecule has 0 saturated heterocycles. The molecule has 0 aliphatic heterocycles. The van der Waals surface area contributed by atoms with Gasteiger partial charge >= 0.3 is 0 Å². The quantitative estimate of drug-likeness (QED) is 0.707. The Bertz CT molecular complexity index is 389. The second-order valence-corrected chi connectivity index (χ2v) is 3.45. The van der Waals surface area contributed by atoms with Crippen LogP contribution in [0.25, 0.3) is 0 Å². The average molecular weight is 216 g/mol. The van der Waals surface area contributed by atoms with Crippen molar-refractivity contribution in [3.63, 3.8) is 0 Å². The van der Waals surface area contributed by atoms with Gasteiger partial charge in [-0.15, -0.1) is 13.2 Å². The fourth-order valence-electron chi connectivity index (χ4n) is 1.38. The number of carbonyl (C=O) groups is 1. The molecule has 1 aromatic heterocycles. The van der Waals surface area contributed by atoms with Crippen molar-refractivity contribution in [3.05, 3.63) is 54.9 Å². The highest BCUT2D eigenvalue weighted by Crippen LogP contribution is 2.03. The molecule has 1 amide bonds. The molecule has 3 heteroatoms. The summed E-state index contributed by atoms with van der Waals surface area (Å²) in [5.41, 5.74) is 1.30. The normalized spacial score (nSPS) is 9.56. The lowest BCUT2D eigenvalue weighted by molar-refractivity contribution is 0.0785. The van der Waals surface area contributed by atoms with Gasteiger partial charge in [-0.25, -0.2) is 4.98 Å². The Hall–Kier alpha value is -1.90. The van der Waals surface area contributed by atoms with Gasteiger partial charge in [-0.05, 0) is 19.1 Å². The molecule has 0 aliphatic carbocycles. The van der Waals surface area contributed by atoms with Crippen molar-refractivity contribution >= 4 is 5.91 Å². The highest BCUT2D eigenvalue weighted by Gasteiger charge is 2.14. The number of amides is 1. The van der Waals surface area contributed by atoms with Gasteiger partial charge in [0.05, 0.1) is 0 Å². The Morgan fingerprint density at radius 3 is 2.50 bits per heavy atom. The van der Waals surface area contributed by atoms with Crippen LogP contribution < -0.4 is 0 Å². The predicted molar refractivity (Wildman–Crippen MR) is 65.3 cm³/mol. The number of carbonyl (C=O) groups excluding carboxylic acids is 1. The van der Waals surface area contributed by atoms with E-state index in [0.29, 0.717) is 18.8 Å². The minimum absolute atomic E-state index is 0.0940. The smallest absolute Gasteiger partial charge is 0.273 e. The van der Waals surface area contributed by atoms with Crippen molar-refractivity contribution in [1.29, 1.82) is 0 Å². The zero-order valence-electron chi connectivity index (χ0n) is 9.52. The van der Waals surface area contributed by atoms with E-state index < -0.39 is 0 Å². The van der Waals surface area contributed by atoms with Crippen LogP contribution >= 0.6 is 0 Å². The van der Waals surface area contributed by atoms with Crippen molar-refractivity contribution in [2.75, 3.05) is 13.1 Å². The summed E-state index contributed by atoms with van der Waals surface area (Å²) in [5, 5.41) is 0. The van der Waals surface area contributed by atoms with Crippen LogP contribution in [0.3, 0.4) is 0 Å². The molecule has 16 heavy (non-hydrogen) atoms. The third-order valence-corrected chi connectivity index (χ3v) is 2.09. The van der Waals surface area contributed by atoms with Crippen LogP contribution in [0.2, 0.25) is 0 Å². The molecule has 0 saturated carbocycles. The molecule has 0 N–H and O–H groups in total. The van der Waals surface area contributed by atoms with Crippen LogP contribution in [-0.4, -0.2) is 28.9 Å². The monoisotopic (exact) mass is 216 g/mol. The largest absolute Gasteiger partial charge is 0.330 e. The maximum absolute atomic E-state index is 12.0. The lowest BCUT2D eigenvalue weighted by Crippen LogP contribution is -2.32. The Morgan fingerprint density at radius 1 is 1.38 bits per heavy atom. The topological polar surface area (TPSA) is 33.2 Å². The molecule has 1 rings (SSSR count). The number of hydrogen-bond donors (Lipinski definition) is 0. The number of aryl methyl sites for hydroxylation is 1. The molecular formula is C13H16N2O. The highest BCUT2D eigenvalue weighted by atomic mass is 16.2. The predicted octanol–water partition coefficient (Wildman–Crippen LogP) is 2.20. The lowest BCUT2D eigenvalue weighted by Gasteiger charge is -2.18. The van der Waals surface area contributed by atoms with Crippen LogP contribution in [0.15, 0.2) is 43.5 Å². The number of pyridine rings is 1. The van der Waals surface area contributed by atoms with Crippen LogP contribution in [-0.2, 0) is 0 Å². The van der Waals surface area contributed by atoms with Gasteiger partial charge < -0.3 is 4.90 Å². The van der Waals surface area contributed by atoms with Crippen LogP contribution in [0.5, 0.6) is 0 Å². The van der Waals surface area contributed by atoms with Gasteiger partial charge in [0.25, 0.3) is 5.91 Å². The summed E-state index contributed by atoms with van der Waals surface area (Å²) >= 11 is 0. The van der Waals surface area contributed by atoms with E-state index in [2.05, 4.69) is 18.1 Å². The van der Waals surface area contributed by atoms with Crippen LogP contribution in [0.4, 0.5) is 0 Å². The van der Waals surface area contributed by atoms with E-state index in [1.165, 1.54) is 0 Å². The Morgan fingerprint density at radius 2 is 2.00 bits per heavy atom. The molecule has 0 aliphatic rings. The molecule has 84 valence electrons. The summed E-state index contributed by atoms with van der Waals surface area (Å²) in [6, 6.07) is 5.41. The molecule has 0 unspecified atom stereocenters. The van der Waals surface area contributed by atoms with Gasteiger partial charge in [0.1, 0.15) is 5.69 Å². The Labute approximate surface area is 96.1 Å². The molecule has 1 heterocycles. The first kappa shape index (κ1) is 12.2. The van der Waals surface area contributed by atoms with Crippen molar-refractivity contribution in [2.45, 2.75) is 6.92 Å². The van der Waals surface area contributed by atoms with E-state index in [4.69, 9.17) is 0 Å². The standard InChI is InChI=1S/C13H16N2O/c1-4-9-15(10-5-2)13(16)12-8-6-7-11(3)14-12/h4-8H,1-2,9-10H2,3H3. The number of aromatic nitrogens is 1. The first-order chi connectivity index (χ1) is 7.69. The second-order valence-electron chi connectivity index (χ2n) is 3.45. The van der Waals surface area contributed by atoms with Gasteiger partial charge in [0.2, 0.25) is 0 Å². The number of hydrogen-bond acceptors (Lipinski definition) is 2. The number of nitrogens with zero attached hydrogens (tertiary/aromatic N) is 2. The summed E-state index contributed by atoms with van der Waals surface area (Å²) < 4.78 is 0. The van der Waals surface area contributed by atoms with E-state index in [0.717, 1.165) is 5.69 Å². The Kier molecular flexibility index (Phi) is 4.45. The minimum atomic E-state index is -0.0940. The summed E-state index contributed by atoms with van der Waals surface area (Å²) in [6.45, 7) is 10.1. The minimum Gasteiger partial charge on any atom is -0.330 e. The van der Waals surface area contributed by atoms with E-state index in [-0.39, 0.29) is 5.91 Å². The van der Waals surface area contributed by atoms with Gasteiger partial charge in [-0.2, -0.15) is 0 Å². The molecule has 0 atom stereocenters. The van der Waals surface area contributed by atoms with E-state index in [1.807, 2.05) is 19.1 Å².